The Bertz CT molecular complexity index is 587. The van der Waals surface area contributed by atoms with Gasteiger partial charge in [-0.2, -0.15) is 0 Å². The molecule has 0 aliphatic carbocycles. The maximum atomic E-state index is 13.8. The van der Waals surface area contributed by atoms with Crippen LogP contribution < -0.4 is 5.32 Å². The lowest BCUT2D eigenvalue weighted by atomic mass is 10.1. The van der Waals surface area contributed by atoms with E-state index >= 15 is 0 Å². The summed E-state index contributed by atoms with van der Waals surface area (Å²) in [5.41, 5.74) is 2.07. The third-order valence-corrected chi connectivity index (χ3v) is 3.10. The lowest BCUT2D eigenvalue weighted by Crippen LogP contribution is -2.03. The Morgan fingerprint density at radius 3 is 2.79 bits per heavy atom. The van der Waals surface area contributed by atoms with E-state index in [1.165, 1.54) is 12.4 Å². The third-order valence-electron chi connectivity index (χ3n) is 2.77. The van der Waals surface area contributed by atoms with E-state index in [4.69, 9.17) is 11.6 Å². The number of aromatic nitrogens is 2. The molecule has 2 rings (SSSR count). The molecule has 1 aromatic carbocycles. The van der Waals surface area contributed by atoms with Crippen LogP contribution >= 0.6 is 11.6 Å². The summed E-state index contributed by atoms with van der Waals surface area (Å²) in [5.74, 6) is 0.252. The van der Waals surface area contributed by atoms with Gasteiger partial charge >= 0.3 is 0 Å². The SMILES string of the molecule is CCCc1c(Cl)ncnc1Nc1ccc(C)cc1F. The number of nitrogens with zero attached hydrogens (tertiary/aromatic N) is 2. The second-order valence-electron chi connectivity index (χ2n) is 4.35. The van der Waals surface area contributed by atoms with E-state index < -0.39 is 0 Å². The fourth-order valence-electron chi connectivity index (χ4n) is 1.82. The summed E-state index contributed by atoms with van der Waals surface area (Å²) in [6.07, 6.45) is 3.03. The van der Waals surface area contributed by atoms with Gasteiger partial charge in [-0.3, -0.25) is 0 Å². The van der Waals surface area contributed by atoms with E-state index in [1.54, 1.807) is 6.07 Å². The number of hydrogen-bond donors (Lipinski definition) is 1. The third kappa shape index (κ3) is 3.20. The van der Waals surface area contributed by atoms with Crippen molar-refractivity contribution in [1.29, 1.82) is 0 Å². The van der Waals surface area contributed by atoms with Crippen molar-refractivity contribution >= 4 is 23.1 Å². The highest BCUT2D eigenvalue weighted by atomic mass is 35.5. The molecule has 0 aliphatic heterocycles. The first kappa shape index (κ1) is 13.7. The molecule has 5 heteroatoms. The van der Waals surface area contributed by atoms with Crippen molar-refractivity contribution < 1.29 is 4.39 Å². The average Bonchev–Trinajstić information content (AvgIpc) is 2.37. The van der Waals surface area contributed by atoms with Crippen LogP contribution in [0.3, 0.4) is 0 Å². The lowest BCUT2D eigenvalue weighted by Gasteiger charge is -2.12. The zero-order valence-corrected chi connectivity index (χ0v) is 11.6. The molecule has 0 aliphatic rings. The van der Waals surface area contributed by atoms with E-state index in [0.717, 1.165) is 24.0 Å². The Kier molecular flexibility index (Phi) is 4.32. The van der Waals surface area contributed by atoms with E-state index in [1.807, 2.05) is 19.9 Å². The summed E-state index contributed by atoms with van der Waals surface area (Å²) in [6.45, 7) is 3.89. The molecule has 1 N–H and O–H groups in total. The van der Waals surface area contributed by atoms with Gasteiger partial charge in [-0.15, -0.1) is 0 Å². The van der Waals surface area contributed by atoms with Gasteiger partial charge in [-0.25, -0.2) is 14.4 Å². The van der Waals surface area contributed by atoms with Gasteiger partial charge in [0.2, 0.25) is 0 Å². The van der Waals surface area contributed by atoms with Crippen LogP contribution in [0.15, 0.2) is 24.5 Å². The summed E-state index contributed by atoms with van der Waals surface area (Å²) < 4.78 is 13.8. The van der Waals surface area contributed by atoms with E-state index in [0.29, 0.717) is 16.7 Å². The van der Waals surface area contributed by atoms with Crippen molar-refractivity contribution in [2.24, 2.45) is 0 Å². The van der Waals surface area contributed by atoms with Crippen molar-refractivity contribution in [1.82, 2.24) is 9.97 Å². The molecule has 0 atom stereocenters. The van der Waals surface area contributed by atoms with Crippen LogP contribution in [0.4, 0.5) is 15.9 Å². The van der Waals surface area contributed by atoms with Gasteiger partial charge in [0, 0.05) is 5.56 Å². The fourth-order valence-corrected chi connectivity index (χ4v) is 2.05. The first-order chi connectivity index (χ1) is 9.11. The minimum absolute atomic E-state index is 0.308. The van der Waals surface area contributed by atoms with Gasteiger partial charge in [0.1, 0.15) is 23.1 Å². The van der Waals surface area contributed by atoms with Crippen LogP contribution in [0.25, 0.3) is 0 Å². The number of halogens is 2. The molecule has 3 nitrogen and oxygen atoms in total. The second-order valence-corrected chi connectivity index (χ2v) is 4.71. The molecule has 0 fully saturated rings. The van der Waals surface area contributed by atoms with Gasteiger partial charge < -0.3 is 5.32 Å². The van der Waals surface area contributed by atoms with Crippen molar-refractivity contribution in [3.8, 4) is 0 Å². The Morgan fingerprint density at radius 1 is 1.32 bits per heavy atom. The molecule has 0 amide bonds. The molecular formula is C14H15ClFN3. The van der Waals surface area contributed by atoms with Crippen LogP contribution in [-0.2, 0) is 6.42 Å². The first-order valence-corrected chi connectivity index (χ1v) is 6.52. The first-order valence-electron chi connectivity index (χ1n) is 6.14. The van der Waals surface area contributed by atoms with Gasteiger partial charge in [0.15, 0.2) is 0 Å². The molecule has 0 bridgehead atoms. The van der Waals surface area contributed by atoms with Gasteiger partial charge in [0.25, 0.3) is 0 Å². The number of aryl methyl sites for hydroxylation is 1. The van der Waals surface area contributed by atoms with Crippen LogP contribution in [0, 0.1) is 12.7 Å². The molecule has 19 heavy (non-hydrogen) atoms. The molecule has 0 saturated heterocycles. The molecule has 0 radical (unpaired) electrons. The smallest absolute Gasteiger partial charge is 0.146 e. The zero-order chi connectivity index (χ0) is 13.8. The maximum Gasteiger partial charge on any atom is 0.146 e. The van der Waals surface area contributed by atoms with E-state index in [2.05, 4.69) is 15.3 Å². The standard InChI is InChI=1S/C14H15ClFN3/c1-3-4-10-13(15)17-8-18-14(10)19-12-6-5-9(2)7-11(12)16/h5-8H,3-4H2,1-2H3,(H,17,18,19). The predicted octanol–water partition coefficient (Wildman–Crippen LogP) is 4.27. The molecule has 100 valence electrons. The quantitative estimate of drug-likeness (QED) is 0.849. The summed E-state index contributed by atoms with van der Waals surface area (Å²) in [6, 6.07) is 5.01. The normalized spacial score (nSPS) is 10.5. The fraction of sp³-hybridized carbons (Fsp3) is 0.286. The van der Waals surface area contributed by atoms with Gasteiger partial charge in [-0.05, 0) is 31.0 Å². The van der Waals surface area contributed by atoms with E-state index in [-0.39, 0.29) is 5.82 Å². The van der Waals surface area contributed by atoms with Crippen molar-refractivity contribution in [3.05, 3.63) is 46.6 Å². The van der Waals surface area contributed by atoms with Crippen LogP contribution in [0.2, 0.25) is 5.15 Å². The predicted molar refractivity (Wildman–Crippen MR) is 75.5 cm³/mol. The van der Waals surface area contributed by atoms with E-state index in [9.17, 15) is 4.39 Å². The zero-order valence-electron chi connectivity index (χ0n) is 10.9. The lowest BCUT2D eigenvalue weighted by molar-refractivity contribution is 0.630. The molecule has 2 aromatic rings. The number of anilines is 2. The Morgan fingerprint density at radius 2 is 2.11 bits per heavy atom. The van der Waals surface area contributed by atoms with Gasteiger partial charge in [-0.1, -0.05) is 31.0 Å². The highest BCUT2D eigenvalue weighted by Crippen LogP contribution is 2.26. The minimum atomic E-state index is -0.308. The molecule has 1 aromatic heterocycles. The highest BCUT2D eigenvalue weighted by molar-refractivity contribution is 6.30. The van der Waals surface area contributed by atoms with Crippen molar-refractivity contribution in [3.63, 3.8) is 0 Å². The van der Waals surface area contributed by atoms with Gasteiger partial charge in [0.05, 0.1) is 5.69 Å². The number of benzene rings is 1. The molecule has 0 saturated carbocycles. The second kappa shape index (κ2) is 5.97. The Labute approximate surface area is 116 Å². The van der Waals surface area contributed by atoms with Crippen LogP contribution in [0.5, 0.6) is 0 Å². The minimum Gasteiger partial charge on any atom is -0.337 e. The number of nitrogens with one attached hydrogen (secondary N) is 1. The molecular weight excluding hydrogens is 265 g/mol. The Hall–Kier alpha value is -1.68. The molecule has 0 unspecified atom stereocenters. The number of hydrogen-bond acceptors (Lipinski definition) is 3. The highest BCUT2D eigenvalue weighted by Gasteiger charge is 2.11. The maximum absolute atomic E-state index is 13.8. The summed E-state index contributed by atoms with van der Waals surface area (Å²) in [7, 11) is 0. The average molecular weight is 280 g/mol. The summed E-state index contributed by atoms with van der Waals surface area (Å²) >= 11 is 6.05. The monoisotopic (exact) mass is 279 g/mol. The topological polar surface area (TPSA) is 37.8 Å². The van der Waals surface area contributed by atoms with Crippen molar-refractivity contribution in [2.75, 3.05) is 5.32 Å². The number of rotatable bonds is 4. The Balaban J connectivity index is 2.35. The van der Waals surface area contributed by atoms with Crippen LogP contribution in [-0.4, -0.2) is 9.97 Å². The van der Waals surface area contributed by atoms with Crippen LogP contribution in [0.1, 0.15) is 24.5 Å². The van der Waals surface area contributed by atoms with Crippen molar-refractivity contribution in [2.45, 2.75) is 26.7 Å². The largest absolute Gasteiger partial charge is 0.337 e. The summed E-state index contributed by atoms with van der Waals surface area (Å²) in [4.78, 5) is 8.10. The summed E-state index contributed by atoms with van der Waals surface area (Å²) in [5, 5.41) is 3.39. The molecule has 0 spiro atoms. The molecule has 1 heterocycles.